The van der Waals surface area contributed by atoms with Crippen molar-refractivity contribution >= 4 is 64.6 Å². The van der Waals surface area contributed by atoms with Crippen LogP contribution in [0.2, 0.25) is 5.02 Å². The number of fused-ring (bicyclic) bond motifs is 7. The zero-order valence-corrected chi connectivity index (χ0v) is 50.9. The number of nitrogens with two attached hydrogens (primary N) is 1. The molecule has 470 valence electrons. The molecular weight excluding hydrogens is 1140 g/mol. The number of nitrogens with zero attached hydrogens (tertiary/aromatic N) is 1. The predicted octanol–water partition coefficient (Wildman–Crippen LogP) is 5.58. The largest absolute Gasteiger partial charge is 0.495 e. The molecule has 23 heteroatoms. The summed E-state index contributed by atoms with van der Waals surface area (Å²) < 4.78 is 45.2. The van der Waals surface area contributed by atoms with E-state index in [2.05, 4.69) is 38.4 Å². The number of anilines is 2. The molecule has 4 bridgehead atoms. The number of amides is 6. The molecule has 0 saturated carbocycles. The van der Waals surface area contributed by atoms with Crippen molar-refractivity contribution in [3.63, 3.8) is 0 Å². The quantitative estimate of drug-likeness (QED) is 0.0235. The van der Waals surface area contributed by atoms with E-state index < -0.39 is 66.8 Å². The van der Waals surface area contributed by atoms with Crippen LogP contribution in [-0.2, 0) is 74.9 Å². The zero-order chi connectivity index (χ0) is 62.2. The molecule has 3 aromatic carbocycles. The van der Waals surface area contributed by atoms with Crippen molar-refractivity contribution in [2.45, 2.75) is 128 Å². The molecule has 2 saturated heterocycles. The van der Waals surface area contributed by atoms with Crippen molar-refractivity contribution in [3.8, 4) is 17.6 Å². The first-order valence-corrected chi connectivity index (χ1v) is 30.0. The summed E-state index contributed by atoms with van der Waals surface area (Å²) in [6.07, 6.45) is 4.26. The van der Waals surface area contributed by atoms with E-state index in [1.807, 2.05) is 94.5 Å². The van der Waals surface area contributed by atoms with Crippen molar-refractivity contribution in [1.82, 2.24) is 21.3 Å². The lowest BCUT2D eigenvalue weighted by molar-refractivity contribution is -0.151. The topological polar surface area (TPSA) is 286 Å². The molecule has 0 aromatic heterocycles. The van der Waals surface area contributed by atoms with E-state index >= 15 is 0 Å². The molecule has 4 heterocycles. The van der Waals surface area contributed by atoms with Crippen molar-refractivity contribution in [1.29, 1.82) is 0 Å². The Labute approximate surface area is 513 Å². The highest BCUT2D eigenvalue weighted by Gasteiger charge is 2.53. The number of nitrogens with one attached hydrogen (secondary N) is 5. The molecule has 7 rings (SSSR count). The maximum Gasteiger partial charge on any atom is 0.407 e. The van der Waals surface area contributed by atoms with E-state index in [-0.39, 0.29) is 92.8 Å². The Bertz CT molecular complexity index is 3000. The van der Waals surface area contributed by atoms with Crippen LogP contribution in [0, 0.1) is 23.7 Å². The van der Waals surface area contributed by atoms with E-state index in [0.29, 0.717) is 76.7 Å². The molecule has 2 fully saturated rings. The van der Waals surface area contributed by atoms with Crippen LogP contribution in [0.15, 0.2) is 84.5 Å². The molecule has 7 N–H and O–H groups in total. The van der Waals surface area contributed by atoms with Crippen molar-refractivity contribution in [2.75, 3.05) is 83.3 Å². The summed E-state index contributed by atoms with van der Waals surface area (Å²) in [5.74, 6) is 3.57. The monoisotopic (exact) mass is 1220 g/mol. The number of epoxide rings is 1. The SMILES string of the molecule is COc1cc2cc(c1Cl)NC(=O)C[C@H](OC(=O)CNC(=O)CCC(N)C(=O)NCCOCCOCCOCCOCCC(=O)NC(C)CC(C)C(=O)N1Cc3ccccc3C#Cc3ccccc31)[C@@H]1OC1[C@H](C)[C@@H]1CC(C/C=C/C=C(\C)C2)NC(=O)O1. The molecule has 87 heavy (non-hydrogen) atoms. The first-order valence-electron chi connectivity index (χ1n) is 29.7. The average molecular weight is 1220 g/mol. The number of carbonyl (C=O) groups is 7. The van der Waals surface area contributed by atoms with Gasteiger partial charge in [0.25, 0.3) is 0 Å². The molecular formula is C64H82ClN7O15. The molecule has 0 aliphatic carbocycles. The van der Waals surface area contributed by atoms with E-state index in [1.165, 1.54) is 7.11 Å². The number of ether oxygens (including phenoxy) is 8. The maximum absolute atomic E-state index is 13.9. The Morgan fingerprint density at radius 3 is 2.30 bits per heavy atom. The number of alkyl carbamates (subject to hydrolysis) is 1. The fourth-order valence-corrected chi connectivity index (χ4v) is 10.6. The minimum absolute atomic E-state index is 0.0116. The number of esters is 1. The Morgan fingerprint density at radius 2 is 1.55 bits per heavy atom. The molecule has 6 amide bonds. The minimum atomic E-state index is -1.09. The summed E-state index contributed by atoms with van der Waals surface area (Å²) in [5, 5.41) is 14.1. The fourth-order valence-electron chi connectivity index (χ4n) is 10.4. The highest BCUT2D eigenvalue weighted by molar-refractivity contribution is 6.35. The van der Waals surface area contributed by atoms with Crippen LogP contribution in [0.5, 0.6) is 5.75 Å². The first kappa shape index (κ1) is 67.2. The zero-order valence-electron chi connectivity index (χ0n) is 50.2. The lowest BCUT2D eigenvalue weighted by atomic mass is 9.90. The summed E-state index contributed by atoms with van der Waals surface area (Å²) in [6, 6.07) is 17.6. The second-order valence-electron chi connectivity index (χ2n) is 22.1. The van der Waals surface area contributed by atoms with Gasteiger partial charge in [-0.2, -0.15) is 0 Å². The Hall–Kier alpha value is -7.36. The van der Waals surface area contributed by atoms with Crippen LogP contribution in [0.1, 0.15) is 94.9 Å². The van der Waals surface area contributed by atoms with Crippen LogP contribution >= 0.6 is 11.6 Å². The molecule has 9 atom stereocenters. The van der Waals surface area contributed by atoms with Gasteiger partial charge in [-0.15, -0.1) is 0 Å². The second-order valence-corrected chi connectivity index (χ2v) is 22.5. The van der Waals surface area contributed by atoms with Gasteiger partial charge in [0.2, 0.25) is 29.5 Å². The normalized spacial score (nSPS) is 21.8. The highest BCUT2D eigenvalue weighted by Crippen LogP contribution is 2.40. The number of para-hydroxylation sites is 1. The van der Waals surface area contributed by atoms with E-state index in [4.69, 9.17) is 55.2 Å². The number of methoxy groups -OCH3 is 1. The number of hydrogen-bond donors (Lipinski definition) is 6. The maximum atomic E-state index is 13.9. The highest BCUT2D eigenvalue weighted by atomic mass is 35.5. The molecule has 4 aliphatic heterocycles. The van der Waals surface area contributed by atoms with Gasteiger partial charge in [-0.25, -0.2) is 4.79 Å². The summed E-state index contributed by atoms with van der Waals surface area (Å²) in [6.45, 7) is 9.92. The summed E-state index contributed by atoms with van der Waals surface area (Å²) >= 11 is 6.64. The third-order valence-electron chi connectivity index (χ3n) is 15.1. The second kappa shape index (κ2) is 34.3. The summed E-state index contributed by atoms with van der Waals surface area (Å²) in [4.78, 5) is 93.3. The van der Waals surface area contributed by atoms with E-state index in [1.54, 1.807) is 17.0 Å². The van der Waals surface area contributed by atoms with E-state index in [0.717, 1.165) is 33.5 Å². The van der Waals surface area contributed by atoms with Gasteiger partial charge in [-0.1, -0.05) is 91.4 Å². The smallest absolute Gasteiger partial charge is 0.407 e. The Balaban J connectivity index is 0.709. The average Bonchev–Trinajstić information content (AvgIpc) is 4.29. The van der Waals surface area contributed by atoms with Crippen LogP contribution in [0.25, 0.3) is 0 Å². The van der Waals surface area contributed by atoms with Crippen LogP contribution in [0.3, 0.4) is 0 Å². The van der Waals surface area contributed by atoms with Gasteiger partial charge in [0, 0.05) is 60.9 Å². The number of rotatable bonds is 27. The van der Waals surface area contributed by atoms with Gasteiger partial charge in [0.1, 0.15) is 35.6 Å². The van der Waals surface area contributed by atoms with Gasteiger partial charge in [0.15, 0.2) is 0 Å². The Kier molecular flexibility index (Phi) is 26.4. The summed E-state index contributed by atoms with van der Waals surface area (Å²) in [5.41, 5.74) is 11.7. The lowest BCUT2D eigenvalue weighted by Gasteiger charge is -2.32. The van der Waals surface area contributed by atoms with Gasteiger partial charge < -0.3 is 75.1 Å². The third-order valence-corrected chi connectivity index (χ3v) is 15.5. The van der Waals surface area contributed by atoms with Crippen LogP contribution in [-0.4, -0.2) is 157 Å². The van der Waals surface area contributed by atoms with Gasteiger partial charge in [-0.3, -0.25) is 28.8 Å². The van der Waals surface area contributed by atoms with Crippen LogP contribution in [0.4, 0.5) is 16.2 Å². The first-order chi connectivity index (χ1) is 42.0. The predicted molar refractivity (Wildman–Crippen MR) is 325 cm³/mol. The molecule has 22 nitrogen and oxygen atoms in total. The number of benzene rings is 3. The molecule has 4 aliphatic rings. The standard InChI is InChI=1S/C64H82ClN7O15/c1-40-12-6-10-16-48-36-52(86-64(79)70-48)43(4)60-61(87-60)54(37-57(75)71-50-34-44(32-40)35-53(80-5)59(50)65)85-58(76)38-68-55(73)21-20-49(66)62(77)67-23-25-82-27-29-84-31-30-83-28-26-81-24-22-56(74)69-42(3)33-41(2)63(78)72-39-47-15-8-7-13-45(47)18-19-46-14-9-11-17-51(46)72/h6-15,17,34-35,41-43,48-49,52,54,60-61H,16,20-33,36-39,66H2,1-5H3,(H,67,77)(H,68,73)(H,69,74)(H,70,79)(H,71,75)/b10-6+,40-12+/t41?,42?,43-,48?,49?,52+,54+,60?,61+/m1/s1. The molecule has 5 unspecified atom stereocenters. The van der Waals surface area contributed by atoms with Gasteiger partial charge in [0.05, 0.1) is 96.5 Å². The van der Waals surface area contributed by atoms with Crippen molar-refractivity contribution in [2.24, 2.45) is 17.6 Å². The Morgan fingerprint density at radius 1 is 0.862 bits per heavy atom. The van der Waals surface area contributed by atoms with Crippen LogP contribution < -0.4 is 42.0 Å². The lowest BCUT2D eigenvalue weighted by Crippen LogP contribution is -2.48. The third kappa shape index (κ3) is 21.5. The fraction of sp³-hybridized carbons (Fsp3) is 0.516. The minimum Gasteiger partial charge on any atom is -0.495 e. The van der Waals surface area contributed by atoms with Crippen molar-refractivity contribution < 1.29 is 71.5 Å². The molecule has 3 aromatic rings. The number of halogens is 1. The van der Waals surface area contributed by atoms with E-state index in [9.17, 15) is 33.6 Å². The molecule has 0 spiro atoms. The van der Waals surface area contributed by atoms with Crippen molar-refractivity contribution in [3.05, 3.63) is 112 Å². The van der Waals surface area contributed by atoms with Gasteiger partial charge in [-0.05, 0) is 81.0 Å². The number of hydrogen-bond acceptors (Lipinski definition) is 16. The molecule has 0 radical (unpaired) electrons. The van der Waals surface area contributed by atoms with Gasteiger partial charge >= 0.3 is 12.1 Å². The number of allylic oxidation sites excluding steroid dienone is 3. The number of carbonyl (C=O) groups excluding carboxylic acids is 7. The summed E-state index contributed by atoms with van der Waals surface area (Å²) in [7, 11) is 1.48.